The maximum absolute atomic E-state index is 13.2. The molecule has 2 aliphatic rings. The number of anilines is 1. The van der Waals surface area contributed by atoms with E-state index in [4.69, 9.17) is 10.1 Å². The van der Waals surface area contributed by atoms with Crippen LogP contribution in [0.5, 0.6) is 0 Å². The van der Waals surface area contributed by atoms with Crippen LogP contribution in [0.1, 0.15) is 39.6 Å². The summed E-state index contributed by atoms with van der Waals surface area (Å²) in [6, 6.07) is 16.4. The Morgan fingerprint density at radius 3 is 2.79 bits per heavy atom. The van der Waals surface area contributed by atoms with Crippen molar-refractivity contribution in [2.24, 2.45) is 0 Å². The molecular weight excluding hydrogens is 362 g/mol. The number of fused-ring (bicyclic) bond motifs is 2. The van der Waals surface area contributed by atoms with Gasteiger partial charge in [-0.25, -0.2) is 9.67 Å². The number of nitrogens with zero attached hydrogens (tertiary/aromatic N) is 4. The fraction of sp³-hybridized carbons (Fsp3) is 0.348. The minimum absolute atomic E-state index is 0.103. The van der Waals surface area contributed by atoms with Crippen LogP contribution in [0.3, 0.4) is 0 Å². The highest BCUT2D eigenvalue weighted by Gasteiger charge is 2.25. The zero-order valence-electron chi connectivity index (χ0n) is 16.5. The quantitative estimate of drug-likeness (QED) is 0.751. The molecule has 1 amide bonds. The summed E-state index contributed by atoms with van der Waals surface area (Å²) in [4.78, 5) is 19.9. The molecule has 2 aromatic carbocycles. The van der Waals surface area contributed by atoms with Gasteiger partial charge in [0.1, 0.15) is 5.82 Å². The number of amides is 1. The highest BCUT2D eigenvalue weighted by Crippen LogP contribution is 2.27. The van der Waals surface area contributed by atoms with Crippen LogP contribution in [0.4, 0.5) is 5.69 Å². The molecule has 0 aliphatic carbocycles. The van der Waals surface area contributed by atoms with Crippen molar-refractivity contribution >= 4 is 11.6 Å². The van der Waals surface area contributed by atoms with E-state index in [2.05, 4.69) is 23.5 Å². The lowest BCUT2D eigenvalue weighted by Crippen LogP contribution is -2.34. The monoisotopic (exact) mass is 387 g/mol. The van der Waals surface area contributed by atoms with Gasteiger partial charge in [-0.05, 0) is 30.0 Å². The third kappa shape index (κ3) is 3.62. The van der Waals surface area contributed by atoms with Gasteiger partial charge in [0, 0.05) is 32.5 Å². The Kier molecular flexibility index (Phi) is 4.76. The van der Waals surface area contributed by atoms with Crippen LogP contribution in [-0.4, -0.2) is 45.2 Å². The fourth-order valence-electron chi connectivity index (χ4n) is 4.27. The largest absolute Gasteiger partial charge is 0.384 e. The van der Waals surface area contributed by atoms with Crippen LogP contribution < -0.4 is 5.32 Å². The molecule has 0 unspecified atom stereocenters. The predicted molar refractivity (Wildman–Crippen MR) is 112 cm³/mol. The number of benzene rings is 2. The Balaban J connectivity index is 1.30. The number of hydrogen-bond donors (Lipinski definition) is 1. The summed E-state index contributed by atoms with van der Waals surface area (Å²) in [5.74, 6) is 1.93. The van der Waals surface area contributed by atoms with Crippen LogP contribution in [0.25, 0.3) is 0 Å². The minimum Gasteiger partial charge on any atom is -0.384 e. The number of nitrogens with one attached hydrogen (secondary N) is 1. The first-order chi connectivity index (χ1) is 14.3. The molecule has 0 atom stereocenters. The third-order valence-electron chi connectivity index (χ3n) is 5.78. The van der Waals surface area contributed by atoms with E-state index in [-0.39, 0.29) is 5.91 Å². The van der Waals surface area contributed by atoms with Crippen molar-refractivity contribution in [1.29, 1.82) is 0 Å². The lowest BCUT2D eigenvalue weighted by molar-refractivity contribution is 0.0759. The van der Waals surface area contributed by atoms with Crippen molar-refractivity contribution in [2.75, 3.05) is 25.0 Å². The molecule has 0 saturated heterocycles. The van der Waals surface area contributed by atoms with Crippen LogP contribution in [0.2, 0.25) is 0 Å². The lowest BCUT2D eigenvalue weighted by Gasteiger charge is -2.25. The van der Waals surface area contributed by atoms with Gasteiger partial charge in [-0.1, -0.05) is 42.5 Å². The van der Waals surface area contributed by atoms with E-state index in [1.165, 1.54) is 11.1 Å². The van der Waals surface area contributed by atoms with Crippen molar-refractivity contribution in [3.63, 3.8) is 0 Å². The van der Waals surface area contributed by atoms with Gasteiger partial charge in [-0.2, -0.15) is 5.10 Å². The molecule has 1 N–H and O–H groups in total. The molecule has 3 heterocycles. The molecule has 0 bridgehead atoms. The molecule has 0 radical (unpaired) electrons. The van der Waals surface area contributed by atoms with E-state index in [1.807, 2.05) is 39.9 Å². The summed E-state index contributed by atoms with van der Waals surface area (Å²) in [6.07, 6.45) is 3.63. The minimum atomic E-state index is 0.103. The van der Waals surface area contributed by atoms with Gasteiger partial charge in [-0.3, -0.25) is 4.79 Å². The molecular formula is C23H25N5O. The van der Waals surface area contributed by atoms with Gasteiger partial charge in [-0.15, -0.1) is 0 Å². The molecule has 1 aromatic heterocycles. The summed E-state index contributed by atoms with van der Waals surface area (Å²) in [6.45, 7) is 2.95. The summed E-state index contributed by atoms with van der Waals surface area (Å²) < 4.78 is 1.98. The van der Waals surface area contributed by atoms with Crippen LogP contribution >= 0.6 is 0 Å². The van der Waals surface area contributed by atoms with Crippen molar-refractivity contribution in [2.45, 2.75) is 32.2 Å². The second kappa shape index (κ2) is 7.70. The van der Waals surface area contributed by atoms with Crippen LogP contribution in [0.15, 0.2) is 48.5 Å². The number of rotatable bonds is 3. The average Bonchev–Trinajstić information content (AvgIpc) is 3.04. The maximum atomic E-state index is 13.2. The molecule has 0 saturated carbocycles. The summed E-state index contributed by atoms with van der Waals surface area (Å²) in [5.41, 5.74) is 4.27. The smallest absolute Gasteiger partial charge is 0.256 e. The summed E-state index contributed by atoms with van der Waals surface area (Å²) in [5, 5.41) is 8.13. The Morgan fingerprint density at radius 1 is 1.00 bits per heavy atom. The predicted octanol–water partition coefficient (Wildman–Crippen LogP) is 2.93. The maximum Gasteiger partial charge on any atom is 0.256 e. The molecule has 148 valence electrons. The number of aryl methyl sites for hydroxylation is 1. The Bertz CT molecular complexity index is 1000. The van der Waals surface area contributed by atoms with Crippen LogP contribution in [-0.2, 0) is 25.8 Å². The van der Waals surface area contributed by atoms with E-state index in [9.17, 15) is 4.79 Å². The van der Waals surface area contributed by atoms with E-state index in [0.717, 1.165) is 55.1 Å². The van der Waals surface area contributed by atoms with Crippen molar-refractivity contribution in [3.8, 4) is 0 Å². The number of para-hydroxylation sites is 1. The van der Waals surface area contributed by atoms with Crippen molar-refractivity contribution in [3.05, 3.63) is 76.9 Å². The van der Waals surface area contributed by atoms with Gasteiger partial charge >= 0.3 is 0 Å². The normalized spacial score (nSPS) is 15.8. The van der Waals surface area contributed by atoms with Gasteiger partial charge in [0.15, 0.2) is 5.82 Å². The SMILES string of the molecule is O=C(c1cccc2c1NCCC2)N1CCc2nc(Cc3ccccc3)nn2CC1. The van der Waals surface area contributed by atoms with E-state index >= 15 is 0 Å². The molecule has 29 heavy (non-hydrogen) atoms. The number of carbonyl (C=O) groups is 1. The first kappa shape index (κ1) is 17.9. The first-order valence-corrected chi connectivity index (χ1v) is 10.4. The molecule has 6 nitrogen and oxygen atoms in total. The van der Waals surface area contributed by atoms with Crippen molar-refractivity contribution < 1.29 is 4.79 Å². The number of aromatic nitrogens is 3. The van der Waals surface area contributed by atoms with Gasteiger partial charge in [0.05, 0.1) is 17.8 Å². The Hall–Kier alpha value is -3.15. The topological polar surface area (TPSA) is 63.1 Å². The molecule has 0 fully saturated rings. The Labute approximate surface area is 170 Å². The second-order valence-electron chi connectivity index (χ2n) is 7.74. The summed E-state index contributed by atoms with van der Waals surface area (Å²) >= 11 is 0. The van der Waals surface area contributed by atoms with Gasteiger partial charge in [0.2, 0.25) is 0 Å². The molecule has 6 heteroatoms. The van der Waals surface area contributed by atoms with Crippen molar-refractivity contribution in [1.82, 2.24) is 19.7 Å². The Morgan fingerprint density at radius 2 is 1.90 bits per heavy atom. The zero-order valence-corrected chi connectivity index (χ0v) is 16.5. The number of carbonyl (C=O) groups excluding carboxylic acids is 1. The molecule has 0 spiro atoms. The fourth-order valence-corrected chi connectivity index (χ4v) is 4.27. The number of hydrogen-bond acceptors (Lipinski definition) is 4. The van der Waals surface area contributed by atoms with E-state index in [0.29, 0.717) is 19.6 Å². The molecule has 3 aromatic rings. The second-order valence-corrected chi connectivity index (χ2v) is 7.74. The van der Waals surface area contributed by atoms with Crippen LogP contribution in [0, 0.1) is 0 Å². The highest BCUT2D eigenvalue weighted by atomic mass is 16.2. The van der Waals surface area contributed by atoms with E-state index in [1.54, 1.807) is 0 Å². The van der Waals surface area contributed by atoms with Gasteiger partial charge < -0.3 is 10.2 Å². The highest BCUT2D eigenvalue weighted by molar-refractivity contribution is 6.00. The lowest BCUT2D eigenvalue weighted by atomic mass is 9.98. The zero-order chi connectivity index (χ0) is 19.6. The van der Waals surface area contributed by atoms with Gasteiger partial charge in [0.25, 0.3) is 5.91 Å². The molecule has 2 aliphatic heterocycles. The standard InChI is InChI=1S/C23H25N5O/c29-23(19-10-4-8-18-9-5-12-24-22(18)19)27-13-11-21-25-20(26-28(21)15-14-27)16-17-6-2-1-3-7-17/h1-4,6-8,10,24H,5,9,11-16H2. The third-order valence-corrected chi connectivity index (χ3v) is 5.78. The summed E-state index contributed by atoms with van der Waals surface area (Å²) in [7, 11) is 0. The average molecular weight is 387 g/mol. The molecule has 5 rings (SSSR count). The first-order valence-electron chi connectivity index (χ1n) is 10.4. The van der Waals surface area contributed by atoms with E-state index < -0.39 is 0 Å².